The van der Waals surface area contributed by atoms with Crippen LogP contribution in [0.25, 0.3) is 0 Å². The average Bonchev–Trinajstić information content (AvgIpc) is 3.09. The van der Waals surface area contributed by atoms with E-state index >= 15 is 0 Å². The zero-order valence-electron chi connectivity index (χ0n) is 19.6. The molecule has 1 saturated heterocycles. The highest BCUT2D eigenvalue weighted by atomic mass is 16.5. The third kappa shape index (κ3) is 4.20. The summed E-state index contributed by atoms with van der Waals surface area (Å²) in [4.78, 5) is 39.1. The predicted octanol–water partition coefficient (Wildman–Crippen LogP) is 3.64. The van der Waals surface area contributed by atoms with E-state index in [0.29, 0.717) is 25.3 Å². The summed E-state index contributed by atoms with van der Waals surface area (Å²) in [5.74, 6) is 2.43. The molecule has 0 aliphatic carbocycles. The fourth-order valence-electron chi connectivity index (χ4n) is 4.59. The molecule has 0 saturated carbocycles. The number of methoxy groups -OCH3 is 1. The molecule has 2 aliphatic heterocycles. The lowest BCUT2D eigenvalue weighted by Crippen LogP contribution is -2.45. The van der Waals surface area contributed by atoms with Gasteiger partial charge >= 0.3 is 0 Å². The van der Waals surface area contributed by atoms with Crippen LogP contribution in [0.15, 0.2) is 24.3 Å². The van der Waals surface area contributed by atoms with Gasteiger partial charge in [0.05, 0.1) is 20.1 Å². The molecular weight excluding hydrogens is 404 g/mol. The Balaban J connectivity index is 1.63. The first kappa shape index (κ1) is 22.2. The summed E-state index contributed by atoms with van der Waals surface area (Å²) in [5, 5.41) is 0. The molecule has 4 rings (SSSR count). The van der Waals surface area contributed by atoms with Gasteiger partial charge in [0.15, 0.2) is 0 Å². The second kappa shape index (κ2) is 8.52. The van der Waals surface area contributed by atoms with E-state index in [9.17, 15) is 9.59 Å². The van der Waals surface area contributed by atoms with Crippen molar-refractivity contribution in [2.24, 2.45) is 5.41 Å². The summed E-state index contributed by atoms with van der Waals surface area (Å²) in [5.41, 5.74) is 2.27. The van der Waals surface area contributed by atoms with E-state index < -0.39 is 5.41 Å². The molecule has 1 fully saturated rings. The summed E-state index contributed by atoms with van der Waals surface area (Å²) in [6.45, 7) is 9.61. The van der Waals surface area contributed by atoms with Crippen molar-refractivity contribution < 1.29 is 14.3 Å². The fourth-order valence-corrected chi connectivity index (χ4v) is 4.59. The van der Waals surface area contributed by atoms with Crippen LogP contribution in [0.5, 0.6) is 5.75 Å². The van der Waals surface area contributed by atoms with Crippen LogP contribution in [0, 0.1) is 12.3 Å². The maximum absolute atomic E-state index is 12.9. The molecule has 7 heteroatoms. The third-order valence-electron chi connectivity index (χ3n) is 6.33. The molecule has 0 unspecified atom stereocenters. The number of aromatic nitrogens is 2. The Kier molecular flexibility index (Phi) is 5.93. The average molecular weight is 437 g/mol. The summed E-state index contributed by atoms with van der Waals surface area (Å²) < 4.78 is 5.47. The van der Waals surface area contributed by atoms with Gasteiger partial charge in [0.25, 0.3) is 0 Å². The van der Waals surface area contributed by atoms with Gasteiger partial charge in [-0.2, -0.15) is 0 Å². The van der Waals surface area contributed by atoms with Gasteiger partial charge in [-0.1, -0.05) is 39.0 Å². The molecule has 2 aliphatic rings. The van der Waals surface area contributed by atoms with Gasteiger partial charge < -0.3 is 9.64 Å². The van der Waals surface area contributed by atoms with E-state index in [-0.39, 0.29) is 17.7 Å². The number of likely N-dealkylation sites (tertiary alicyclic amines) is 1. The molecule has 0 radical (unpaired) electrons. The molecule has 1 aromatic carbocycles. The summed E-state index contributed by atoms with van der Waals surface area (Å²) in [6, 6.07) is 7.73. The van der Waals surface area contributed by atoms with Crippen molar-refractivity contribution >= 4 is 17.6 Å². The van der Waals surface area contributed by atoms with Crippen LogP contribution >= 0.6 is 0 Å². The second-order valence-corrected chi connectivity index (χ2v) is 9.78. The van der Waals surface area contributed by atoms with Gasteiger partial charge in [0, 0.05) is 41.2 Å². The van der Waals surface area contributed by atoms with E-state index in [0.717, 1.165) is 47.8 Å². The van der Waals surface area contributed by atoms with Crippen molar-refractivity contribution in [1.82, 2.24) is 14.9 Å². The maximum atomic E-state index is 12.9. The van der Waals surface area contributed by atoms with Gasteiger partial charge in [-0.25, -0.2) is 9.97 Å². The second-order valence-electron chi connectivity index (χ2n) is 9.78. The Morgan fingerprint density at radius 2 is 1.97 bits per heavy atom. The van der Waals surface area contributed by atoms with Gasteiger partial charge in [-0.3, -0.25) is 14.5 Å². The minimum Gasteiger partial charge on any atom is -0.496 e. The lowest BCUT2D eigenvalue weighted by atomic mass is 9.91. The highest BCUT2D eigenvalue weighted by Gasteiger charge is 2.35. The number of rotatable bonds is 4. The first-order valence-corrected chi connectivity index (χ1v) is 11.3. The number of carbonyl (C=O) groups is 2. The Hall–Kier alpha value is -2.96. The Morgan fingerprint density at radius 3 is 2.69 bits per heavy atom. The fraction of sp³-hybridized carbons (Fsp3) is 0.520. The van der Waals surface area contributed by atoms with Gasteiger partial charge in [0.2, 0.25) is 11.8 Å². The standard InChI is InChI=1S/C25H32N4O3/c1-16-19-13-21(30)29(15-17-9-6-7-11-20(17)32-5)23(19)27-22(26-16)18-10-8-12-28(14-18)24(31)25(2,3)4/h6-7,9,11,18H,8,10,12-15H2,1-5H3/t18-/m0/s1. The number of piperidine rings is 1. The number of fused-ring (bicyclic) bond motifs is 1. The van der Waals surface area contributed by atoms with E-state index in [1.165, 1.54) is 0 Å². The van der Waals surface area contributed by atoms with E-state index in [1.54, 1.807) is 12.0 Å². The molecule has 32 heavy (non-hydrogen) atoms. The van der Waals surface area contributed by atoms with Crippen molar-refractivity contribution in [3.05, 3.63) is 46.9 Å². The normalized spacial score (nSPS) is 18.7. The van der Waals surface area contributed by atoms with Crippen molar-refractivity contribution in [1.29, 1.82) is 0 Å². The van der Waals surface area contributed by atoms with E-state index in [1.807, 2.05) is 56.9 Å². The van der Waals surface area contributed by atoms with Gasteiger partial charge in [-0.15, -0.1) is 0 Å². The lowest BCUT2D eigenvalue weighted by Gasteiger charge is -2.36. The SMILES string of the molecule is COc1ccccc1CN1C(=O)Cc2c(C)nc([C@H]3CCCN(C(=O)C(C)(C)C)C3)nc21. The van der Waals surface area contributed by atoms with Crippen molar-refractivity contribution in [2.45, 2.75) is 59.4 Å². The molecule has 0 bridgehead atoms. The lowest BCUT2D eigenvalue weighted by molar-refractivity contribution is -0.140. The number of hydrogen-bond acceptors (Lipinski definition) is 5. The number of para-hydroxylation sites is 1. The summed E-state index contributed by atoms with van der Waals surface area (Å²) in [7, 11) is 1.64. The van der Waals surface area contributed by atoms with Crippen LogP contribution in [-0.4, -0.2) is 46.9 Å². The maximum Gasteiger partial charge on any atom is 0.233 e. The molecular formula is C25H32N4O3. The van der Waals surface area contributed by atoms with Crippen LogP contribution in [-0.2, 0) is 22.6 Å². The van der Waals surface area contributed by atoms with Crippen molar-refractivity contribution in [3.63, 3.8) is 0 Å². The van der Waals surface area contributed by atoms with Crippen LogP contribution in [0.1, 0.15) is 62.2 Å². The van der Waals surface area contributed by atoms with Crippen LogP contribution in [0.2, 0.25) is 0 Å². The van der Waals surface area contributed by atoms with Gasteiger partial charge in [0.1, 0.15) is 17.4 Å². The van der Waals surface area contributed by atoms with Crippen molar-refractivity contribution in [3.8, 4) is 5.75 Å². The molecule has 0 N–H and O–H groups in total. The summed E-state index contributed by atoms with van der Waals surface area (Å²) in [6.07, 6.45) is 2.18. The third-order valence-corrected chi connectivity index (χ3v) is 6.33. The van der Waals surface area contributed by atoms with Crippen molar-refractivity contribution in [2.75, 3.05) is 25.1 Å². The number of hydrogen-bond donors (Lipinski definition) is 0. The Bertz CT molecular complexity index is 1040. The molecule has 1 atom stereocenters. The number of anilines is 1. The van der Waals surface area contributed by atoms with E-state index in [2.05, 4.69) is 0 Å². The summed E-state index contributed by atoms with van der Waals surface area (Å²) >= 11 is 0. The number of amides is 2. The Labute approximate surface area is 189 Å². The molecule has 2 amide bonds. The number of ether oxygens (including phenoxy) is 1. The monoisotopic (exact) mass is 436 g/mol. The number of aryl methyl sites for hydroxylation is 1. The van der Waals surface area contributed by atoms with Crippen LogP contribution in [0.4, 0.5) is 5.82 Å². The van der Waals surface area contributed by atoms with Gasteiger partial charge in [-0.05, 0) is 25.8 Å². The Morgan fingerprint density at radius 1 is 1.22 bits per heavy atom. The molecule has 0 spiro atoms. The van der Waals surface area contributed by atoms with E-state index in [4.69, 9.17) is 14.7 Å². The highest BCUT2D eigenvalue weighted by Crippen LogP contribution is 2.35. The molecule has 7 nitrogen and oxygen atoms in total. The first-order chi connectivity index (χ1) is 15.2. The smallest absolute Gasteiger partial charge is 0.233 e. The first-order valence-electron chi connectivity index (χ1n) is 11.3. The quantitative estimate of drug-likeness (QED) is 0.732. The van der Waals surface area contributed by atoms with Crippen LogP contribution in [0.3, 0.4) is 0 Å². The molecule has 1 aromatic heterocycles. The zero-order chi connectivity index (χ0) is 23.0. The molecule has 3 heterocycles. The minimum absolute atomic E-state index is 0.0219. The molecule has 170 valence electrons. The largest absolute Gasteiger partial charge is 0.496 e. The zero-order valence-corrected chi connectivity index (χ0v) is 19.6. The number of benzene rings is 1. The minimum atomic E-state index is -0.408. The number of carbonyl (C=O) groups excluding carboxylic acids is 2. The topological polar surface area (TPSA) is 75.6 Å². The predicted molar refractivity (Wildman–Crippen MR) is 123 cm³/mol. The van der Waals surface area contributed by atoms with Crippen LogP contribution < -0.4 is 9.64 Å². The number of nitrogens with zero attached hydrogens (tertiary/aromatic N) is 4. The highest BCUT2D eigenvalue weighted by molar-refractivity contribution is 6.00. The molecule has 2 aromatic rings.